The summed E-state index contributed by atoms with van der Waals surface area (Å²) in [5, 5.41) is 2.35. The number of nitrogens with zero attached hydrogens (tertiary/aromatic N) is 1. The highest BCUT2D eigenvalue weighted by atomic mass is 32.2. The van der Waals surface area contributed by atoms with E-state index in [2.05, 4.69) is 5.32 Å². The van der Waals surface area contributed by atoms with Crippen LogP contribution in [0, 0.1) is 11.6 Å². The molecule has 0 aromatic heterocycles. The number of amides is 1. The maximum atomic E-state index is 13.9. The quantitative estimate of drug-likeness (QED) is 0.550. The Morgan fingerprint density at radius 1 is 0.938 bits per heavy atom. The SMILES string of the molecule is COc1ccc(S(=O)(=O)N(CC(=O)Nc2ccccc2F)c2ccc(F)cc2)cc1OC. The average molecular weight is 462 g/mol. The van der Waals surface area contributed by atoms with Crippen molar-refractivity contribution in [3.05, 3.63) is 78.4 Å². The maximum Gasteiger partial charge on any atom is 0.264 e. The van der Waals surface area contributed by atoms with Crippen LogP contribution in [0.4, 0.5) is 20.2 Å². The fraction of sp³-hybridized carbons (Fsp3) is 0.136. The molecule has 7 nitrogen and oxygen atoms in total. The number of benzene rings is 3. The van der Waals surface area contributed by atoms with E-state index in [9.17, 15) is 22.0 Å². The number of hydrogen-bond acceptors (Lipinski definition) is 5. The van der Waals surface area contributed by atoms with Gasteiger partial charge in [-0.2, -0.15) is 0 Å². The zero-order chi connectivity index (χ0) is 23.3. The van der Waals surface area contributed by atoms with Crippen molar-refractivity contribution in [3.63, 3.8) is 0 Å². The number of para-hydroxylation sites is 1. The molecule has 3 aromatic rings. The van der Waals surface area contributed by atoms with Gasteiger partial charge in [0.2, 0.25) is 5.91 Å². The predicted octanol–water partition coefficient (Wildman–Crippen LogP) is 3.82. The summed E-state index contributed by atoms with van der Waals surface area (Å²) < 4.78 is 65.3. The molecule has 32 heavy (non-hydrogen) atoms. The first kappa shape index (κ1) is 23.0. The third-order valence-electron chi connectivity index (χ3n) is 4.49. The molecule has 0 aliphatic carbocycles. The minimum atomic E-state index is -4.30. The van der Waals surface area contributed by atoms with Gasteiger partial charge in [0.15, 0.2) is 11.5 Å². The first-order valence-corrected chi connectivity index (χ1v) is 10.7. The number of hydrogen-bond donors (Lipinski definition) is 1. The van der Waals surface area contributed by atoms with Crippen LogP contribution in [0.3, 0.4) is 0 Å². The Morgan fingerprint density at radius 2 is 1.59 bits per heavy atom. The molecule has 0 saturated heterocycles. The number of carbonyl (C=O) groups is 1. The molecule has 0 atom stereocenters. The van der Waals surface area contributed by atoms with E-state index in [0.29, 0.717) is 5.75 Å². The highest BCUT2D eigenvalue weighted by Crippen LogP contribution is 2.32. The smallest absolute Gasteiger partial charge is 0.264 e. The summed E-state index contributed by atoms with van der Waals surface area (Å²) in [4.78, 5) is 12.4. The summed E-state index contributed by atoms with van der Waals surface area (Å²) >= 11 is 0. The van der Waals surface area contributed by atoms with E-state index >= 15 is 0 Å². The maximum absolute atomic E-state index is 13.9. The van der Waals surface area contributed by atoms with Crippen molar-refractivity contribution in [2.75, 3.05) is 30.4 Å². The van der Waals surface area contributed by atoms with Crippen molar-refractivity contribution in [3.8, 4) is 11.5 Å². The molecule has 0 bridgehead atoms. The standard InChI is InChI=1S/C22H20F2N2O5S/c1-30-20-12-11-17(13-21(20)31-2)32(28,29)26(16-9-7-15(23)8-10-16)14-22(27)25-19-6-4-3-5-18(19)24/h3-13H,14H2,1-2H3,(H,25,27). The number of halogens is 2. The van der Waals surface area contributed by atoms with Crippen molar-refractivity contribution in [2.24, 2.45) is 0 Å². The lowest BCUT2D eigenvalue weighted by atomic mass is 10.3. The summed E-state index contributed by atoms with van der Waals surface area (Å²) in [6.07, 6.45) is 0. The van der Waals surface area contributed by atoms with Crippen molar-refractivity contribution >= 4 is 27.3 Å². The second-order valence-electron chi connectivity index (χ2n) is 6.53. The number of nitrogens with one attached hydrogen (secondary N) is 1. The fourth-order valence-electron chi connectivity index (χ4n) is 2.91. The highest BCUT2D eigenvalue weighted by molar-refractivity contribution is 7.92. The summed E-state index contributed by atoms with van der Waals surface area (Å²) in [5.74, 6) is -1.55. The van der Waals surface area contributed by atoms with Gasteiger partial charge < -0.3 is 14.8 Å². The van der Waals surface area contributed by atoms with Gasteiger partial charge in [0.25, 0.3) is 10.0 Å². The molecule has 0 aliphatic heterocycles. The summed E-state index contributed by atoms with van der Waals surface area (Å²) in [6.45, 7) is -0.684. The number of anilines is 2. The predicted molar refractivity (Wildman–Crippen MR) is 116 cm³/mol. The molecular weight excluding hydrogens is 442 g/mol. The van der Waals surface area contributed by atoms with Gasteiger partial charge >= 0.3 is 0 Å². The van der Waals surface area contributed by atoms with Crippen molar-refractivity contribution in [1.29, 1.82) is 0 Å². The lowest BCUT2D eigenvalue weighted by Crippen LogP contribution is -2.38. The van der Waals surface area contributed by atoms with E-state index < -0.39 is 34.1 Å². The van der Waals surface area contributed by atoms with Crippen LogP contribution < -0.4 is 19.1 Å². The van der Waals surface area contributed by atoms with Gasteiger partial charge in [-0.1, -0.05) is 12.1 Å². The van der Waals surface area contributed by atoms with Gasteiger partial charge in [-0.05, 0) is 48.5 Å². The molecule has 0 spiro atoms. The minimum Gasteiger partial charge on any atom is -0.493 e. The molecule has 0 fully saturated rings. The molecule has 0 unspecified atom stereocenters. The lowest BCUT2D eigenvalue weighted by Gasteiger charge is -2.24. The molecule has 0 radical (unpaired) electrons. The van der Waals surface area contributed by atoms with Crippen LogP contribution in [0.2, 0.25) is 0 Å². The number of sulfonamides is 1. The second kappa shape index (κ2) is 9.65. The molecular formula is C22H20F2N2O5S. The largest absolute Gasteiger partial charge is 0.493 e. The first-order valence-electron chi connectivity index (χ1n) is 9.31. The minimum absolute atomic E-state index is 0.0462. The van der Waals surface area contributed by atoms with E-state index in [1.807, 2.05) is 0 Å². The molecule has 10 heteroatoms. The molecule has 3 aromatic carbocycles. The van der Waals surface area contributed by atoms with Crippen LogP contribution in [-0.2, 0) is 14.8 Å². The third-order valence-corrected chi connectivity index (χ3v) is 6.26. The Hall–Kier alpha value is -3.66. The molecule has 1 amide bonds. The van der Waals surface area contributed by atoms with Crippen LogP contribution in [-0.4, -0.2) is 35.1 Å². The molecule has 0 saturated carbocycles. The van der Waals surface area contributed by atoms with Crippen LogP contribution in [0.5, 0.6) is 11.5 Å². The normalized spacial score (nSPS) is 11.0. The zero-order valence-electron chi connectivity index (χ0n) is 17.2. The Labute approximate surface area is 184 Å². The molecule has 3 rings (SSSR count). The monoisotopic (exact) mass is 462 g/mol. The Morgan fingerprint density at radius 3 is 2.22 bits per heavy atom. The number of ether oxygens (including phenoxy) is 2. The van der Waals surface area contributed by atoms with Crippen molar-refractivity contribution < 1.29 is 31.5 Å². The van der Waals surface area contributed by atoms with E-state index in [4.69, 9.17) is 9.47 Å². The van der Waals surface area contributed by atoms with E-state index in [1.165, 1.54) is 62.8 Å². The zero-order valence-corrected chi connectivity index (χ0v) is 18.0. The Balaban J connectivity index is 2.00. The summed E-state index contributed by atoms with van der Waals surface area (Å²) in [5.41, 5.74) is -0.0510. The number of methoxy groups -OCH3 is 2. The van der Waals surface area contributed by atoms with Crippen LogP contribution >= 0.6 is 0 Å². The van der Waals surface area contributed by atoms with Gasteiger partial charge in [0.1, 0.15) is 18.2 Å². The number of rotatable bonds is 8. The van der Waals surface area contributed by atoms with Gasteiger partial charge in [-0.3, -0.25) is 9.10 Å². The summed E-state index contributed by atoms with van der Waals surface area (Å²) in [6, 6.07) is 14.0. The van der Waals surface area contributed by atoms with Crippen LogP contribution in [0.25, 0.3) is 0 Å². The molecule has 1 N–H and O–H groups in total. The van der Waals surface area contributed by atoms with Crippen LogP contribution in [0.15, 0.2) is 71.6 Å². The van der Waals surface area contributed by atoms with Gasteiger partial charge in [-0.15, -0.1) is 0 Å². The molecule has 168 valence electrons. The second-order valence-corrected chi connectivity index (χ2v) is 8.40. The van der Waals surface area contributed by atoms with Gasteiger partial charge in [0, 0.05) is 6.07 Å². The molecule has 0 aliphatic rings. The fourth-order valence-corrected chi connectivity index (χ4v) is 4.35. The van der Waals surface area contributed by atoms with Gasteiger partial charge in [0.05, 0.1) is 30.5 Å². The van der Waals surface area contributed by atoms with E-state index in [1.54, 1.807) is 0 Å². The Bertz CT molecular complexity index is 1220. The third kappa shape index (κ3) is 4.97. The topological polar surface area (TPSA) is 84.9 Å². The summed E-state index contributed by atoms with van der Waals surface area (Å²) in [7, 11) is -1.54. The molecule has 0 heterocycles. The average Bonchev–Trinajstić information content (AvgIpc) is 2.79. The van der Waals surface area contributed by atoms with Gasteiger partial charge in [-0.25, -0.2) is 17.2 Å². The first-order chi connectivity index (χ1) is 15.3. The van der Waals surface area contributed by atoms with E-state index in [-0.39, 0.29) is 22.0 Å². The van der Waals surface area contributed by atoms with Crippen molar-refractivity contribution in [2.45, 2.75) is 4.90 Å². The highest BCUT2D eigenvalue weighted by Gasteiger charge is 2.28. The van der Waals surface area contributed by atoms with E-state index in [0.717, 1.165) is 22.5 Å². The Kier molecular flexibility index (Phi) is 6.94. The lowest BCUT2D eigenvalue weighted by molar-refractivity contribution is -0.114. The number of carbonyl (C=O) groups excluding carboxylic acids is 1. The van der Waals surface area contributed by atoms with Crippen molar-refractivity contribution in [1.82, 2.24) is 0 Å². The van der Waals surface area contributed by atoms with Crippen LogP contribution in [0.1, 0.15) is 0 Å².